The first-order valence-corrected chi connectivity index (χ1v) is 11.9. The number of nitrogens with zero attached hydrogens (tertiary/aromatic N) is 1. The van der Waals surface area contributed by atoms with Gasteiger partial charge in [-0.2, -0.15) is 0 Å². The Balaban J connectivity index is 1.70. The van der Waals surface area contributed by atoms with Crippen LogP contribution in [0.25, 0.3) is 11.3 Å². The Kier molecular flexibility index (Phi) is 6.77. The van der Waals surface area contributed by atoms with E-state index < -0.39 is 9.84 Å². The van der Waals surface area contributed by atoms with Gasteiger partial charge in [-0.3, -0.25) is 4.79 Å². The summed E-state index contributed by atoms with van der Waals surface area (Å²) < 4.78 is 32.1. The number of rotatable bonds is 7. The van der Waals surface area contributed by atoms with Gasteiger partial charge in [0, 0.05) is 28.6 Å². The average Bonchev–Trinajstić information content (AvgIpc) is 3.04. The first kappa shape index (κ1) is 22.2. The third-order valence-electron chi connectivity index (χ3n) is 4.92. The van der Waals surface area contributed by atoms with Gasteiger partial charge in [-0.25, -0.2) is 8.42 Å². The number of benzene rings is 2. The fraction of sp³-hybridized carbons (Fsp3) is 0.273. The molecule has 0 radical (unpaired) electrons. The zero-order chi connectivity index (χ0) is 21.9. The van der Waals surface area contributed by atoms with Crippen LogP contribution in [-0.4, -0.2) is 25.2 Å². The number of halogens is 1. The molecule has 0 saturated heterocycles. The van der Waals surface area contributed by atoms with Crippen molar-refractivity contribution in [2.45, 2.75) is 38.6 Å². The first-order chi connectivity index (χ1) is 14.2. The number of carbonyl (C=O) groups is 1. The predicted molar refractivity (Wildman–Crippen MR) is 119 cm³/mol. The normalized spacial score (nSPS) is 11.5. The van der Waals surface area contributed by atoms with Crippen LogP contribution in [0.3, 0.4) is 0 Å². The van der Waals surface area contributed by atoms with Crippen molar-refractivity contribution in [1.29, 1.82) is 0 Å². The van der Waals surface area contributed by atoms with Crippen molar-refractivity contribution in [2.75, 3.05) is 5.75 Å². The number of hydrogen-bond acceptors (Lipinski definition) is 5. The molecule has 0 fully saturated rings. The molecule has 158 valence electrons. The van der Waals surface area contributed by atoms with Crippen LogP contribution in [0.4, 0.5) is 0 Å². The van der Waals surface area contributed by atoms with Crippen LogP contribution < -0.4 is 5.32 Å². The third-order valence-corrected chi connectivity index (χ3v) is 7.26. The molecule has 1 aromatic heterocycles. The number of aryl methyl sites for hydroxylation is 2. The largest absolute Gasteiger partial charge is 0.356 e. The average molecular weight is 491 g/mol. The standard InChI is InChI=1S/C22H23BrN2O4S/c1-14-7-8-18(22-15(2)16(3)25-29-22)12-20(14)30(27,28)10-9-21(26)24-13-17-5-4-6-19(23)11-17/h4-8,11-12H,9-10,13H2,1-3H3,(H,24,26). The summed E-state index contributed by atoms with van der Waals surface area (Å²) in [6.07, 6.45) is -0.111. The maximum Gasteiger partial charge on any atom is 0.221 e. The summed E-state index contributed by atoms with van der Waals surface area (Å²) in [6, 6.07) is 12.7. The van der Waals surface area contributed by atoms with Gasteiger partial charge in [-0.05, 0) is 50.1 Å². The lowest BCUT2D eigenvalue weighted by Gasteiger charge is -2.10. The molecule has 0 saturated carbocycles. The van der Waals surface area contributed by atoms with Crippen LogP contribution in [-0.2, 0) is 21.2 Å². The van der Waals surface area contributed by atoms with E-state index in [0.717, 1.165) is 21.3 Å². The Labute approximate surface area is 184 Å². The van der Waals surface area contributed by atoms with Crippen LogP contribution in [0.2, 0.25) is 0 Å². The molecule has 1 heterocycles. The number of carbonyl (C=O) groups excluding carboxylic acids is 1. The minimum atomic E-state index is -3.64. The fourth-order valence-corrected chi connectivity index (χ4v) is 5.02. The van der Waals surface area contributed by atoms with Crippen LogP contribution >= 0.6 is 15.9 Å². The number of aromatic nitrogens is 1. The van der Waals surface area contributed by atoms with E-state index in [2.05, 4.69) is 26.4 Å². The van der Waals surface area contributed by atoms with Crippen molar-refractivity contribution in [3.05, 3.63) is 69.3 Å². The minimum absolute atomic E-state index is 0.111. The van der Waals surface area contributed by atoms with Crippen molar-refractivity contribution < 1.29 is 17.7 Å². The Hall–Kier alpha value is -2.45. The predicted octanol–water partition coefficient (Wildman–Crippen LogP) is 4.51. The van der Waals surface area contributed by atoms with Crippen LogP contribution in [0.15, 0.2) is 56.4 Å². The van der Waals surface area contributed by atoms with E-state index in [9.17, 15) is 13.2 Å². The molecule has 0 atom stereocenters. The second-order valence-electron chi connectivity index (χ2n) is 7.18. The SMILES string of the molecule is Cc1ccc(-c2onc(C)c2C)cc1S(=O)(=O)CCC(=O)NCc1cccc(Br)c1. The zero-order valence-corrected chi connectivity index (χ0v) is 19.4. The van der Waals surface area contributed by atoms with Crippen molar-refractivity contribution >= 4 is 31.7 Å². The van der Waals surface area contributed by atoms with Gasteiger partial charge in [0.1, 0.15) is 0 Å². The highest BCUT2D eigenvalue weighted by atomic mass is 79.9. The van der Waals surface area contributed by atoms with Gasteiger partial charge in [0.2, 0.25) is 5.91 Å². The van der Waals surface area contributed by atoms with E-state index >= 15 is 0 Å². The quantitative estimate of drug-likeness (QED) is 0.526. The monoisotopic (exact) mass is 490 g/mol. The van der Waals surface area contributed by atoms with Gasteiger partial charge < -0.3 is 9.84 Å². The van der Waals surface area contributed by atoms with E-state index in [1.165, 1.54) is 0 Å². The summed E-state index contributed by atoms with van der Waals surface area (Å²) in [5, 5.41) is 6.70. The maximum atomic E-state index is 12.9. The highest BCUT2D eigenvalue weighted by Gasteiger charge is 2.21. The molecule has 0 aliphatic heterocycles. The van der Waals surface area contributed by atoms with E-state index in [1.807, 2.05) is 44.2 Å². The highest BCUT2D eigenvalue weighted by molar-refractivity contribution is 9.10. The van der Waals surface area contributed by atoms with Gasteiger partial charge in [-0.1, -0.05) is 45.4 Å². The summed E-state index contributed by atoms with van der Waals surface area (Å²) in [5.41, 5.74) is 3.84. The molecular formula is C22H23BrN2O4S. The molecule has 3 aromatic rings. The van der Waals surface area contributed by atoms with Crippen molar-refractivity contribution in [3.8, 4) is 11.3 Å². The number of nitrogens with one attached hydrogen (secondary N) is 1. The lowest BCUT2D eigenvalue weighted by molar-refractivity contribution is -0.120. The number of hydrogen-bond donors (Lipinski definition) is 1. The van der Waals surface area contributed by atoms with Crippen molar-refractivity contribution in [2.24, 2.45) is 0 Å². The summed E-state index contributed by atoms with van der Waals surface area (Å²) in [7, 11) is -3.64. The molecule has 1 N–H and O–H groups in total. The molecule has 0 bridgehead atoms. The molecule has 2 aromatic carbocycles. The van der Waals surface area contributed by atoms with Crippen molar-refractivity contribution in [1.82, 2.24) is 10.5 Å². The molecule has 3 rings (SSSR count). The second kappa shape index (κ2) is 9.14. The first-order valence-electron chi connectivity index (χ1n) is 9.45. The number of amides is 1. The lowest BCUT2D eigenvalue weighted by atomic mass is 10.1. The summed E-state index contributed by atoms with van der Waals surface area (Å²) in [6.45, 7) is 5.80. The molecular weight excluding hydrogens is 468 g/mol. The lowest BCUT2D eigenvalue weighted by Crippen LogP contribution is -2.25. The molecule has 30 heavy (non-hydrogen) atoms. The zero-order valence-electron chi connectivity index (χ0n) is 17.0. The van der Waals surface area contributed by atoms with Crippen molar-refractivity contribution in [3.63, 3.8) is 0 Å². The Morgan fingerprint density at radius 1 is 1.13 bits per heavy atom. The number of sulfone groups is 1. The van der Waals surface area contributed by atoms with Crippen LogP contribution in [0.5, 0.6) is 0 Å². The molecule has 8 heteroatoms. The van der Waals surface area contributed by atoms with E-state index in [1.54, 1.807) is 19.1 Å². The van der Waals surface area contributed by atoms with E-state index in [4.69, 9.17) is 4.52 Å². The van der Waals surface area contributed by atoms with Gasteiger partial charge in [-0.15, -0.1) is 0 Å². The van der Waals surface area contributed by atoms with Gasteiger partial charge in [0.15, 0.2) is 15.6 Å². The molecule has 6 nitrogen and oxygen atoms in total. The smallest absolute Gasteiger partial charge is 0.221 e. The minimum Gasteiger partial charge on any atom is -0.356 e. The molecule has 0 aliphatic carbocycles. The van der Waals surface area contributed by atoms with Gasteiger partial charge >= 0.3 is 0 Å². The second-order valence-corrected chi connectivity index (χ2v) is 10.2. The van der Waals surface area contributed by atoms with Crippen LogP contribution in [0, 0.1) is 20.8 Å². The van der Waals surface area contributed by atoms with E-state index in [0.29, 0.717) is 23.4 Å². The maximum absolute atomic E-state index is 12.9. The molecule has 0 aliphatic rings. The molecule has 1 amide bonds. The molecule has 0 spiro atoms. The highest BCUT2D eigenvalue weighted by Crippen LogP contribution is 2.29. The van der Waals surface area contributed by atoms with E-state index in [-0.39, 0.29) is 23.0 Å². The van der Waals surface area contributed by atoms with Gasteiger partial charge in [0.25, 0.3) is 0 Å². The van der Waals surface area contributed by atoms with Gasteiger partial charge in [0.05, 0.1) is 16.3 Å². The molecule has 0 unspecified atom stereocenters. The fourth-order valence-electron chi connectivity index (χ4n) is 3.03. The summed E-state index contributed by atoms with van der Waals surface area (Å²) >= 11 is 3.38. The third kappa shape index (κ3) is 5.17. The summed E-state index contributed by atoms with van der Waals surface area (Å²) in [5.74, 6) is -0.0273. The Morgan fingerprint density at radius 3 is 2.57 bits per heavy atom. The Morgan fingerprint density at radius 2 is 1.90 bits per heavy atom. The topological polar surface area (TPSA) is 89.3 Å². The summed E-state index contributed by atoms with van der Waals surface area (Å²) in [4.78, 5) is 12.4. The Bertz CT molecular complexity index is 1190. The van der Waals surface area contributed by atoms with Crippen LogP contribution in [0.1, 0.15) is 28.8 Å².